The summed E-state index contributed by atoms with van der Waals surface area (Å²) in [6.07, 6.45) is 1.48. The fourth-order valence-electron chi connectivity index (χ4n) is 1.75. The molecule has 1 aromatic heterocycles. The summed E-state index contributed by atoms with van der Waals surface area (Å²) in [4.78, 5) is 16.1. The zero-order chi connectivity index (χ0) is 14.5. The zero-order valence-corrected chi connectivity index (χ0v) is 12.1. The molecule has 5 heteroatoms. The molecule has 1 heterocycles. The highest BCUT2D eigenvalue weighted by Gasteiger charge is 2.10. The van der Waals surface area contributed by atoms with Gasteiger partial charge in [0.15, 0.2) is 0 Å². The maximum atomic E-state index is 12.0. The Bertz CT molecular complexity index is 629. The molecule has 20 heavy (non-hydrogen) atoms. The van der Waals surface area contributed by atoms with Crippen LogP contribution in [0.3, 0.4) is 0 Å². The highest BCUT2D eigenvalue weighted by atomic mass is 35.5. The molecule has 0 fully saturated rings. The summed E-state index contributed by atoms with van der Waals surface area (Å²) in [6.45, 7) is 2.23. The minimum atomic E-state index is -0.245. The number of aromatic nitrogens is 1. The first kappa shape index (κ1) is 14.3. The molecule has 104 valence electrons. The van der Waals surface area contributed by atoms with Gasteiger partial charge < -0.3 is 10.1 Å². The number of hydrogen-bond acceptors (Lipinski definition) is 3. The van der Waals surface area contributed by atoms with Crippen molar-refractivity contribution in [1.82, 2.24) is 10.3 Å². The normalized spacial score (nSPS) is 10.2. The van der Waals surface area contributed by atoms with Gasteiger partial charge >= 0.3 is 0 Å². The van der Waals surface area contributed by atoms with Crippen LogP contribution < -0.4 is 10.1 Å². The second-order valence-corrected chi connectivity index (χ2v) is 4.75. The number of pyridine rings is 1. The van der Waals surface area contributed by atoms with E-state index < -0.39 is 0 Å². The van der Waals surface area contributed by atoms with Crippen LogP contribution in [0.4, 0.5) is 0 Å². The first-order chi connectivity index (χ1) is 9.60. The molecule has 0 unspecified atom stereocenters. The second-order valence-electron chi connectivity index (χ2n) is 4.34. The lowest BCUT2D eigenvalue weighted by molar-refractivity contribution is 0.0950. The monoisotopic (exact) mass is 290 g/mol. The van der Waals surface area contributed by atoms with Gasteiger partial charge in [0, 0.05) is 18.4 Å². The topological polar surface area (TPSA) is 51.2 Å². The molecule has 0 saturated heterocycles. The smallest absolute Gasteiger partial charge is 0.254 e. The van der Waals surface area contributed by atoms with Crippen molar-refractivity contribution >= 4 is 17.5 Å². The maximum Gasteiger partial charge on any atom is 0.254 e. The molecule has 2 rings (SSSR count). The molecule has 0 aliphatic carbocycles. The van der Waals surface area contributed by atoms with Crippen LogP contribution in [0.2, 0.25) is 5.02 Å². The van der Waals surface area contributed by atoms with Crippen LogP contribution in [0.1, 0.15) is 21.6 Å². The summed E-state index contributed by atoms with van der Waals surface area (Å²) in [5, 5.41) is 3.21. The summed E-state index contributed by atoms with van der Waals surface area (Å²) < 4.78 is 5.13. The van der Waals surface area contributed by atoms with E-state index in [4.69, 9.17) is 16.3 Å². The molecular weight excluding hydrogens is 276 g/mol. The van der Waals surface area contributed by atoms with Crippen LogP contribution in [-0.2, 0) is 6.54 Å². The van der Waals surface area contributed by atoms with Crippen LogP contribution in [0.25, 0.3) is 0 Å². The Morgan fingerprint density at radius 1 is 1.40 bits per heavy atom. The first-order valence-electron chi connectivity index (χ1n) is 6.13. The number of amides is 1. The molecular formula is C15H15ClN2O2. The first-order valence-corrected chi connectivity index (χ1v) is 6.51. The van der Waals surface area contributed by atoms with Gasteiger partial charge in [0.1, 0.15) is 5.75 Å². The summed E-state index contributed by atoms with van der Waals surface area (Å²) in [5.41, 5.74) is 2.11. The van der Waals surface area contributed by atoms with Crippen molar-refractivity contribution in [2.24, 2.45) is 0 Å². The van der Waals surface area contributed by atoms with Gasteiger partial charge in [-0.1, -0.05) is 23.7 Å². The fraction of sp³-hybridized carbons (Fsp3) is 0.200. The van der Waals surface area contributed by atoms with Gasteiger partial charge in [0.2, 0.25) is 0 Å². The number of benzene rings is 1. The summed E-state index contributed by atoms with van der Waals surface area (Å²) >= 11 is 6.03. The number of ether oxygens (including phenoxy) is 1. The predicted octanol–water partition coefficient (Wildman–Crippen LogP) is 2.98. The van der Waals surface area contributed by atoms with Gasteiger partial charge in [-0.3, -0.25) is 9.78 Å². The number of hydrogen-bond donors (Lipinski definition) is 1. The Balaban J connectivity index is 2.04. The Morgan fingerprint density at radius 2 is 2.20 bits per heavy atom. The molecule has 1 aromatic carbocycles. The third-order valence-corrected chi connectivity index (χ3v) is 3.13. The van der Waals surface area contributed by atoms with E-state index in [0.717, 1.165) is 17.0 Å². The van der Waals surface area contributed by atoms with Crippen molar-refractivity contribution in [2.45, 2.75) is 13.5 Å². The molecule has 1 N–H and O–H groups in total. The van der Waals surface area contributed by atoms with Crippen LogP contribution in [0, 0.1) is 6.92 Å². The van der Waals surface area contributed by atoms with Gasteiger partial charge in [0.25, 0.3) is 5.91 Å². The van der Waals surface area contributed by atoms with Crippen LogP contribution in [-0.4, -0.2) is 18.0 Å². The Labute approximate surface area is 122 Å². The molecule has 0 aliphatic heterocycles. The number of nitrogens with one attached hydrogen (secondary N) is 1. The predicted molar refractivity (Wildman–Crippen MR) is 78.1 cm³/mol. The van der Waals surface area contributed by atoms with Crippen molar-refractivity contribution in [3.63, 3.8) is 0 Å². The van der Waals surface area contributed by atoms with Crippen LogP contribution >= 0.6 is 11.6 Å². The van der Waals surface area contributed by atoms with Gasteiger partial charge in [-0.15, -0.1) is 0 Å². The standard InChI is InChI=1S/C15H15ClN2O2/c1-10-6-14(16)13(9-17-10)15(19)18-8-11-4-3-5-12(7-11)20-2/h3-7,9H,8H2,1-2H3,(H,18,19). The van der Waals surface area contributed by atoms with Gasteiger partial charge in [-0.2, -0.15) is 0 Å². The summed E-state index contributed by atoms with van der Waals surface area (Å²) in [5.74, 6) is 0.511. The number of methoxy groups -OCH3 is 1. The molecule has 1 amide bonds. The van der Waals surface area contributed by atoms with E-state index in [1.807, 2.05) is 31.2 Å². The number of carbonyl (C=O) groups excluding carboxylic acids is 1. The lowest BCUT2D eigenvalue weighted by atomic mass is 10.2. The summed E-state index contributed by atoms with van der Waals surface area (Å²) in [6, 6.07) is 9.18. The van der Waals surface area contributed by atoms with E-state index in [9.17, 15) is 4.79 Å². The highest BCUT2D eigenvalue weighted by molar-refractivity contribution is 6.33. The third kappa shape index (κ3) is 3.48. The van der Waals surface area contributed by atoms with Crippen molar-refractivity contribution in [3.05, 3.63) is 58.4 Å². The molecule has 0 bridgehead atoms. The van der Waals surface area contributed by atoms with Gasteiger partial charge in [-0.25, -0.2) is 0 Å². The second kappa shape index (κ2) is 6.39. The van der Waals surface area contributed by atoms with Crippen LogP contribution in [0.5, 0.6) is 5.75 Å². The minimum Gasteiger partial charge on any atom is -0.497 e. The number of rotatable bonds is 4. The van der Waals surface area contributed by atoms with Crippen molar-refractivity contribution in [2.75, 3.05) is 7.11 Å². The Hall–Kier alpha value is -2.07. The van der Waals surface area contributed by atoms with E-state index in [2.05, 4.69) is 10.3 Å². The van der Waals surface area contributed by atoms with Gasteiger partial charge in [-0.05, 0) is 30.7 Å². The third-order valence-electron chi connectivity index (χ3n) is 2.82. The minimum absolute atomic E-state index is 0.245. The molecule has 2 aromatic rings. The van der Waals surface area contributed by atoms with E-state index in [1.165, 1.54) is 6.20 Å². The van der Waals surface area contributed by atoms with Crippen molar-refractivity contribution in [1.29, 1.82) is 0 Å². The SMILES string of the molecule is COc1cccc(CNC(=O)c2cnc(C)cc2Cl)c1. The lowest BCUT2D eigenvalue weighted by Gasteiger charge is -2.08. The number of aryl methyl sites for hydroxylation is 1. The zero-order valence-electron chi connectivity index (χ0n) is 11.3. The lowest BCUT2D eigenvalue weighted by Crippen LogP contribution is -2.23. The van der Waals surface area contributed by atoms with E-state index in [0.29, 0.717) is 17.1 Å². The number of nitrogens with zero attached hydrogens (tertiary/aromatic N) is 1. The Kier molecular flexibility index (Phi) is 4.58. The molecule has 0 radical (unpaired) electrons. The average Bonchev–Trinajstić information content (AvgIpc) is 2.45. The number of halogens is 1. The van der Waals surface area contributed by atoms with Crippen LogP contribution in [0.15, 0.2) is 36.5 Å². The van der Waals surface area contributed by atoms with Crippen molar-refractivity contribution < 1.29 is 9.53 Å². The fourth-order valence-corrected chi connectivity index (χ4v) is 2.05. The average molecular weight is 291 g/mol. The quantitative estimate of drug-likeness (QED) is 0.942. The molecule has 0 spiro atoms. The largest absolute Gasteiger partial charge is 0.497 e. The molecule has 0 atom stereocenters. The molecule has 0 aliphatic rings. The summed E-state index contributed by atoms with van der Waals surface area (Å²) in [7, 11) is 1.61. The van der Waals surface area contributed by atoms with E-state index in [1.54, 1.807) is 13.2 Å². The van der Waals surface area contributed by atoms with E-state index in [-0.39, 0.29) is 5.91 Å². The maximum absolute atomic E-state index is 12.0. The van der Waals surface area contributed by atoms with E-state index >= 15 is 0 Å². The Morgan fingerprint density at radius 3 is 2.90 bits per heavy atom. The number of carbonyl (C=O) groups is 1. The van der Waals surface area contributed by atoms with Gasteiger partial charge in [0.05, 0.1) is 17.7 Å². The highest BCUT2D eigenvalue weighted by Crippen LogP contribution is 2.16. The molecule has 4 nitrogen and oxygen atoms in total. The molecule has 0 saturated carbocycles. The van der Waals surface area contributed by atoms with Crippen molar-refractivity contribution in [3.8, 4) is 5.75 Å².